The second kappa shape index (κ2) is 5.12. The van der Waals surface area contributed by atoms with Gasteiger partial charge < -0.3 is 5.11 Å². The van der Waals surface area contributed by atoms with Crippen molar-refractivity contribution in [3.05, 3.63) is 46.2 Å². The van der Waals surface area contributed by atoms with Gasteiger partial charge in [-0.15, -0.1) is 0 Å². The number of aliphatic hydroxyl groups is 1. The number of rotatable bonds is 3. The maximum absolute atomic E-state index is 9.43. The number of aromatic nitrogens is 2. The Morgan fingerprint density at radius 3 is 2.61 bits per heavy atom. The van der Waals surface area contributed by atoms with Crippen LogP contribution in [-0.2, 0) is 6.61 Å². The van der Waals surface area contributed by atoms with Crippen LogP contribution in [-0.4, -0.2) is 14.9 Å². The van der Waals surface area contributed by atoms with Gasteiger partial charge in [0.25, 0.3) is 0 Å². The lowest BCUT2D eigenvalue weighted by molar-refractivity contribution is 0.280. The molecular weight excluding hydrogens is 248 g/mol. The summed E-state index contributed by atoms with van der Waals surface area (Å²) in [6.07, 6.45) is 0. The molecule has 3 nitrogen and oxygen atoms in total. The molecule has 1 heterocycles. The maximum atomic E-state index is 9.43. The van der Waals surface area contributed by atoms with Gasteiger partial charge >= 0.3 is 0 Å². The first kappa shape index (κ1) is 13.1. The van der Waals surface area contributed by atoms with E-state index in [1.807, 2.05) is 45.0 Å². The van der Waals surface area contributed by atoms with E-state index in [1.165, 1.54) is 0 Å². The van der Waals surface area contributed by atoms with Crippen LogP contribution in [0.2, 0.25) is 5.15 Å². The van der Waals surface area contributed by atoms with E-state index in [0.29, 0.717) is 10.7 Å². The Kier molecular flexibility index (Phi) is 3.73. The predicted octanol–water partition coefficient (Wildman–Crippen LogP) is 3.45. The molecule has 18 heavy (non-hydrogen) atoms. The van der Waals surface area contributed by atoms with Crippen molar-refractivity contribution in [2.45, 2.75) is 33.3 Å². The quantitative estimate of drug-likeness (QED) is 0.922. The zero-order valence-corrected chi connectivity index (χ0v) is 11.6. The van der Waals surface area contributed by atoms with Gasteiger partial charge in [-0.3, -0.25) is 0 Å². The van der Waals surface area contributed by atoms with Gasteiger partial charge in [0.15, 0.2) is 0 Å². The van der Waals surface area contributed by atoms with Crippen molar-refractivity contribution in [3.8, 4) is 5.69 Å². The van der Waals surface area contributed by atoms with Gasteiger partial charge in [-0.1, -0.05) is 37.6 Å². The third kappa shape index (κ3) is 2.28. The van der Waals surface area contributed by atoms with Crippen LogP contribution in [0.4, 0.5) is 0 Å². The lowest BCUT2D eigenvalue weighted by atomic mass is 10.1. The molecule has 0 aliphatic rings. The first-order valence-corrected chi connectivity index (χ1v) is 6.37. The third-order valence-corrected chi connectivity index (χ3v) is 3.29. The highest BCUT2D eigenvalue weighted by atomic mass is 35.5. The van der Waals surface area contributed by atoms with Crippen LogP contribution in [0.15, 0.2) is 24.3 Å². The van der Waals surface area contributed by atoms with Crippen molar-refractivity contribution in [2.75, 3.05) is 0 Å². The second-order valence-corrected chi connectivity index (χ2v) is 5.08. The fourth-order valence-corrected chi connectivity index (χ4v) is 2.28. The number of hydrogen-bond acceptors (Lipinski definition) is 2. The van der Waals surface area contributed by atoms with Crippen LogP contribution >= 0.6 is 11.6 Å². The van der Waals surface area contributed by atoms with Gasteiger partial charge in [0.1, 0.15) is 5.15 Å². The number of halogens is 1. The Morgan fingerprint density at radius 2 is 2.11 bits per heavy atom. The summed E-state index contributed by atoms with van der Waals surface area (Å²) in [6, 6.07) is 7.97. The molecule has 1 aromatic heterocycles. The minimum absolute atomic E-state index is 0.0852. The summed E-state index contributed by atoms with van der Waals surface area (Å²) in [5, 5.41) is 14.4. The van der Waals surface area contributed by atoms with Gasteiger partial charge in [-0.05, 0) is 30.5 Å². The second-order valence-electron chi connectivity index (χ2n) is 4.72. The number of aryl methyl sites for hydroxylation is 1. The Labute approximate surface area is 112 Å². The Morgan fingerprint density at radius 1 is 1.39 bits per heavy atom. The first-order chi connectivity index (χ1) is 8.54. The van der Waals surface area contributed by atoms with Crippen molar-refractivity contribution >= 4 is 11.6 Å². The van der Waals surface area contributed by atoms with Crippen LogP contribution in [0.5, 0.6) is 0 Å². The molecule has 0 radical (unpaired) electrons. The minimum Gasteiger partial charge on any atom is -0.391 e. The van der Waals surface area contributed by atoms with Crippen LogP contribution in [0.3, 0.4) is 0 Å². The molecule has 0 aliphatic carbocycles. The molecule has 0 amide bonds. The van der Waals surface area contributed by atoms with Crippen molar-refractivity contribution in [1.29, 1.82) is 0 Å². The number of benzene rings is 1. The first-order valence-electron chi connectivity index (χ1n) is 5.99. The van der Waals surface area contributed by atoms with Gasteiger partial charge in [0.2, 0.25) is 0 Å². The molecule has 0 spiro atoms. The maximum Gasteiger partial charge on any atom is 0.138 e. The van der Waals surface area contributed by atoms with Gasteiger partial charge in [-0.25, -0.2) is 4.68 Å². The third-order valence-electron chi connectivity index (χ3n) is 2.90. The zero-order valence-electron chi connectivity index (χ0n) is 10.8. The lowest BCUT2D eigenvalue weighted by Crippen LogP contribution is -1.98. The molecule has 0 atom stereocenters. The minimum atomic E-state index is -0.0852. The highest BCUT2D eigenvalue weighted by Gasteiger charge is 2.18. The van der Waals surface area contributed by atoms with E-state index in [2.05, 4.69) is 5.10 Å². The van der Waals surface area contributed by atoms with E-state index >= 15 is 0 Å². The van der Waals surface area contributed by atoms with Crippen molar-refractivity contribution in [3.63, 3.8) is 0 Å². The summed E-state index contributed by atoms with van der Waals surface area (Å²) in [4.78, 5) is 0. The van der Waals surface area contributed by atoms with Crippen LogP contribution in [0.1, 0.15) is 36.6 Å². The van der Waals surface area contributed by atoms with E-state index in [9.17, 15) is 5.11 Å². The monoisotopic (exact) mass is 264 g/mol. The van der Waals surface area contributed by atoms with E-state index in [1.54, 1.807) is 4.68 Å². The lowest BCUT2D eigenvalue weighted by Gasteiger charge is -2.04. The highest BCUT2D eigenvalue weighted by Crippen LogP contribution is 2.28. The van der Waals surface area contributed by atoms with Gasteiger partial charge in [0, 0.05) is 5.56 Å². The Hall–Kier alpha value is -1.32. The molecule has 1 N–H and O–H groups in total. The number of nitrogens with zero attached hydrogens (tertiary/aromatic N) is 2. The Balaban J connectivity index is 2.59. The van der Waals surface area contributed by atoms with Crippen LogP contribution < -0.4 is 0 Å². The molecule has 0 fully saturated rings. The molecule has 0 bridgehead atoms. The normalized spacial score (nSPS) is 11.2. The largest absolute Gasteiger partial charge is 0.391 e. The predicted molar refractivity (Wildman–Crippen MR) is 73.3 cm³/mol. The van der Waals surface area contributed by atoms with E-state index in [4.69, 9.17) is 11.6 Å². The average Bonchev–Trinajstić information content (AvgIpc) is 2.66. The molecule has 2 aromatic rings. The molecule has 96 valence electrons. The van der Waals surface area contributed by atoms with Crippen molar-refractivity contribution < 1.29 is 5.11 Å². The molecule has 0 aliphatic heterocycles. The topological polar surface area (TPSA) is 38.0 Å². The van der Waals surface area contributed by atoms with E-state index < -0.39 is 0 Å². The summed E-state index contributed by atoms with van der Waals surface area (Å²) in [6.45, 7) is 6.02. The van der Waals surface area contributed by atoms with E-state index in [-0.39, 0.29) is 12.5 Å². The molecule has 2 rings (SSSR count). The standard InChI is InChI=1S/C14H17ClN2O/c1-9(2)13-12(8-18)14(15)17(16-13)11-6-4-5-10(3)7-11/h4-7,9,18H,8H2,1-3H3. The van der Waals surface area contributed by atoms with Gasteiger partial charge in [0.05, 0.1) is 18.0 Å². The molecule has 0 saturated heterocycles. The van der Waals surface area contributed by atoms with Gasteiger partial charge in [-0.2, -0.15) is 5.10 Å². The number of hydrogen-bond donors (Lipinski definition) is 1. The molecular formula is C14H17ClN2O. The Bertz CT molecular complexity index is 561. The van der Waals surface area contributed by atoms with E-state index in [0.717, 1.165) is 16.9 Å². The number of aliphatic hydroxyl groups excluding tert-OH is 1. The SMILES string of the molecule is Cc1cccc(-n2nc(C(C)C)c(CO)c2Cl)c1. The smallest absolute Gasteiger partial charge is 0.138 e. The summed E-state index contributed by atoms with van der Waals surface area (Å²) in [5.41, 5.74) is 3.63. The van der Waals surface area contributed by atoms with Crippen LogP contribution in [0.25, 0.3) is 5.69 Å². The molecule has 1 aromatic carbocycles. The summed E-state index contributed by atoms with van der Waals surface area (Å²) in [7, 11) is 0. The fraction of sp³-hybridized carbons (Fsp3) is 0.357. The fourth-order valence-electron chi connectivity index (χ4n) is 1.99. The average molecular weight is 265 g/mol. The summed E-state index contributed by atoms with van der Waals surface area (Å²) in [5.74, 6) is 0.232. The van der Waals surface area contributed by atoms with Crippen LogP contribution in [0, 0.1) is 6.92 Å². The summed E-state index contributed by atoms with van der Waals surface area (Å²) < 4.78 is 1.69. The molecule has 0 unspecified atom stereocenters. The van der Waals surface area contributed by atoms with Crippen molar-refractivity contribution in [2.24, 2.45) is 0 Å². The highest BCUT2D eigenvalue weighted by molar-refractivity contribution is 6.30. The molecule has 4 heteroatoms. The zero-order chi connectivity index (χ0) is 13.3. The van der Waals surface area contributed by atoms with Crippen molar-refractivity contribution in [1.82, 2.24) is 9.78 Å². The molecule has 0 saturated carbocycles. The summed E-state index contributed by atoms with van der Waals surface area (Å²) >= 11 is 6.30.